The van der Waals surface area contributed by atoms with Crippen LogP contribution in [0.4, 0.5) is 0 Å². The number of carbonyl (C=O) groups excluding carboxylic acids is 3. The van der Waals surface area contributed by atoms with Crippen LogP contribution in [-0.4, -0.2) is 37.2 Å². The molecule has 6 heteroatoms. The molecule has 0 aliphatic carbocycles. The van der Waals surface area contributed by atoms with Gasteiger partial charge in [-0.2, -0.15) is 0 Å². The maximum absolute atomic E-state index is 12.9. The zero-order chi connectivity index (χ0) is 52.9. The molecule has 1 unspecified atom stereocenters. The lowest BCUT2D eigenvalue weighted by Gasteiger charge is -2.18. The highest BCUT2D eigenvalue weighted by Gasteiger charge is 2.19. The van der Waals surface area contributed by atoms with Crippen molar-refractivity contribution in [3.8, 4) is 0 Å². The Morgan fingerprint density at radius 2 is 0.548 bits per heavy atom. The average molecular weight is 1020 g/mol. The Morgan fingerprint density at radius 3 is 0.918 bits per heavy atom. The van der Waals surface area contributed by atoms with Crippen molar-refractivity contribution in [2.45, 2.75) is 309 Å². The molecule has 0 rings (SSSR count). The molecule has 0 N–H and O–H groups in total. The van der Waals surface area contributed by atoms with E-state index in [0.717, 1.165) is 83.5 Å². The van der Waals surface area contributed by atoms with Gasteiger partial charge in [0.2, 0.25) is 0 Å². The van der Waals surface area contributed by atoms with Crippen molar-refractivity contribution in [2.75, 3.05) is 13.2 Å². The van der Waals surface area contributed by atoms with Gasteiger partial charge in [-0.1, -0.05) is 279 Å². The monoisotopic (exact) mass is 1020 g/mol. The molecule has 0 amide bonds. The van der Waals surface area contributed by atoms with Crippen LogP contribution in [0.5, 0.6) is 0 Å². The zero-order valence-electron chi connectivity index (χ0n) is 48.1. The average Bonchev–Trinajstić information content (AvgIpc) is 3.39. The van der Waals surface area contributed by atoms with Crippen LogP contribution in [0.15, 0.2) is 85.1 Å². The standard InChI is InChI=1S/C67H116O6/c1-4-7-10-13-16-19-22-25-28-31-33-36-39-42-45-48-51-54-57-60-66(69)72-63-64(62-71-65(68)59-56-53-50-47-44-41-38-35-30-27-24-21-18-15-12-9-6-3)73-67(70)61-58-55-52-49-46-43-40-37-34-32-29-26-23-20-17-14-11-8-5-2/h7,10,16,18-19,21,25,27-28,30,38,41,47,50,64H,4-6,8-9,11-15,17,20,22-24,26,29,31-37,39-40,42-46,48-49,51-63H2,1-3H3/b10-7-,19-16-,21-18-,28-25-,30-27-,41-38-,50-47-. The third kappa shape index (κ3) is 59.3. The van der Waals surface area contributed by atoms with Gasteiger partial charge in [0.05, 0.1) is 0 Å². The molecule has 1 atom stereocenters. The predicted octanol–water partition coefficient (Wildman–Crippen LogP) is 21.1. The topological polar surface area (TPSA) is 78.9 Å². The molecule has 0 aromatic carbocycles. The van der Waals surface area contributed by atoms with Gasteiger partial charge in [-0.3, -0.25) is 14.4 Å². The van der Waals surface area contributed by atoms with Gasteiger partial charge in [-0.25, -0.2) is 0 Å². The van der Waals surface area contributed by atoms with Gasteiger partial charge in [-0.05, 0) is 89.9 Å². The summed E-state index contributed by atoms with van der Waals surface area (Å²) < 4.78 is 16.9. The molecule has 0 radical (unpaired) electrons. The molecular formula is C67H116O6. The summed E-state index contributed by atoms with van der Waals surface area (Å²) in [4.78, 5) is 38.3. The highest BCUT2D eigenvalue weighted by Crippen LogP contribution is 2.17. The van der Waals surface area contributed by atoms with Gasteiger partial charge in [0.25, 0.3) is 0 Å². The van der Waals surface area contributed by atoms with Crippen molar-refractivity contribution in [2.24, 2.45) is 0 Å². The van der Waals surface area contributed by atoms with Crippen LogP contribution in [0.1, 0.15) is 303 Å². The van der Waals surface area contributed by atoms with Gasteiger partial charge in [0, 0.05) is 19.3 Å². The van der Waals surface area contributed by atoms with E-state index in [1.165, 1.54) is 173 Å². The van der Waals surface area contributed by atoms with Crippen LogP contribution < -0.4 is 0 Å². The van der Waals surface area contributed by atoms with E-state index in [9.17, 15) is 14.4 Å². The van der Waals surface area contributed by atoms with Crippen molar-refractivity contribution >= 4 is 17.9 Å². The summed E-state index contributed by atoms with van der Waals surface area (Å²) in [5, 5.41) is 0. The van der Waals surface area contributed by atoms with Gasteiger partial charge in [-0.15, -0.1) is 0 Å². The molecule has 420 valence electrons. The minimum atomic E-state index is -0.801. The number of carbonyl (C=O) groups is 3. The Balaban J connectivity index is 4.43. The van der Waals surface area contributed by atoms with E-state index in [4.69, 9.17) is 14.2 Å². The second-order valence-electron chi connectivity index (χ2n) is 20.6. The first-order chi connectivity index (χ1) is 36.0. The summed E-state index contributed by atoms with van der Waals surface area (Å²) in [6.45, 7) is 6.49. The number of esters is 3. The number of ether oxygens (including phenoxy) is 3. The summed E-state index contributed by atoms with van der Waals surface area (Å²) in [6.07, 6.45) is 80.1. The van der Waals surface area contributed by atoms with Crippen molar-refractivity contribution in [3.05, 3.63) is 85.1 Å². The lowest BCUT2D eigenvalue weighted by atomic mass is 10.0. The van der Waals surface area contributed by atoms with E-state index in [2.05, 4.69) is 106 Å². The summed E-state index contributed by atoms with van der Waals surface area (Å²) in [6, 6.07) is 0. The summed E-state index contributed by atoms with van der Waals surface area (Å²) >= 11 is 0. The molecule has 0 heterocycles. The first kappa shape index (κ1) is 69.6. The molecule has 0 aromatic rings. The highest BCUT2D eigenvalue weighted by atomic mass is 16.6. The first-order valence-corrected chi connectivity index (χ1v) is 31.1. The quantitative estimate of drug-likeness (QED) is 0.0261. The maximum Gasteiger partial charge on any atom is 0.306 e. The Bertz CT molecular complexity index is 1400. The zero-order valence-corrected chi connectivity index (χ0v) is 48.1. The van der Waals surface area contributed by atoms with Crippen molar-refractivity contribution in [1.82, 2.24) is 0 Å². The van der Waals surface area contributed by atoms with Gasteiger partial charge >= 0.3 is 17.9 Å². The van der Waals surface area contributed by atoms with E-state index in [0.29, 0.717) is 19.3 Å². The van der Waals surface area contributed by atoms with Crippen molar-refractivity contribution < 1.29 is 28.6 Å². The lowest BCUT2D eigenvalue weighted by Crippen LogP contribution is -2.30. The molecule has 0 fully saturated rings. The molecule has 0 aliphatic rings. The SMILES string of the molecule is CC/C=C\C/C=C\C/C=C\CCCCCCCCCCCC(=O)OCC(COC(=O)CCC/C=C\C/C=C\C/C=C\C/C=C\CCCCC)OC(=O)CCCCCCCCCCCCCCCCCCCCC. The second-order valence-corrected chi connectivity index (χ2v) is 20.6. The van der Waals surface area contributed by atoms with E-state index in [-0.39, 0.29) is 37.5 Å². The largest absolute Gasteiger partial charge is 0.462 e. The molecule has 73 heavy (non-hydrogen) atoms. The minimum Gasteiger partial charge on any atom is -0.462 e. The van der Waals surface area contributed by atoms with Crippen LogP contribution in [0.3, 0.4) is 0 Å². The molecule has 6 nitrogen and oxygen atoms in total. The summed E-state index contributed by atoms with van der Waals surface area (Å²) in [7, 11) is 0. The Morgan fingerprint density at radius 1 is 0.288 bits per heavy atom. The molecule has 0 saturated heterocycles. The normalized spacial score (nSPS) is 12.6. The Labute approximate surface area is 452 Å². The molecule has 0 bridgehead atoms. The van der Waals surface area contributed by atoms with Crippen molar-refractivity contribution in [1.29, 1.82) is 0 Å². The van der Waals surface area contributed by atoms with E-state index in [1.807, 2.05) is 0 Å². The lowest BCUT2D eigenvalue weighted by molar-refractivity contribution is -0.167. The molecule has 0 aliphatic heterocycles. The summed E-state index contributed by atoms with van der Waals surface area (Å²) in [5.74, 6) is -0.944. The third-order valence-corrected chi connectivity index (χ3v) is 13.4. The molecule has 0 aromatic heterocycles. The van der Waals surface area contributed by atoms with Crippen LogP contribution >= 0.6 is 0 Å². The van der Waals surface area contributed by atoms with Crippen LogP contribution in [0.2, 0.25) is 0 Å². The fraction of sp³-hybridized carbons (Fsp3) is 0.746. The van der Waals surface area contributed by atoms with Crippen LogP contribution in [0.25, 0.3) is 0 Å². The third-order valence-electron chi connectivity index (χ3n) is 13.4. The number of hydrogen-bond acceptors (Lipinski definition) is 6. The van der Waals surface area contributed by atoms with Crippen molar-refractivity contribution in [3.63, 3.8) is 0 Å². The van der Waals surface area contributed by atoms with Gasteiger partial charge < -0.3 is 14.2 Å². The first-order valence-electron chi connectivity index (χ1n) is 31.1. The van der Waals surface area contributed by atoms with Crippen LogP contribution in [0, 0.1) is 0 Å². The number of unbranched alkanes of at least 4 members (excludes halogenated alkanes) is 31. The second kappa shape index (κ2) is 61.1. The molecule has 0 saturated carbocycles. The number of hydrogen-bond donors (Lipinski definition) is 0. The number of allylic oxidation sites excluding steroid dienone is 14. The van der Waals surface area contributed by atoms with E-state index < -0.39 is 6.10 Å². The summed E-state index contributed by atoms with van der Waals surface area (Å²) in [5.41, 5.74) is 0. The van der Waals surface area contributed by atoms with E-state index >= 15 is 0 Å². The maximum atomic E-state index is 12.9. The fourth-order valence-corrected chi connectivity index (χ4v) is 8.75. The molecule has 0 spiro atoms. The number of rotatable bonds is 56. The Kier molecular flexibility index (Phi) is 58.3. The van der Waals surface area contributed by atoms with Gasteiger partial charge in [0.1, 0.15) is 13.2 Å². The Hall–Kier alpha value is -3.41. The molecular weight excluding hydrogens is 901 g/mol. The highest BCUT2D eigenvalue weighted by molar-refractivity contribution is 5.71. The smallest absolute Gasteiger partial charge is 0.306 e. The predicted molar refractivity (Wildman–Crippen MR) is 316 cm³/mol. The van der Waals surface area contributed by atoms with E-state index in [1.54, 1.807) is 0 Å². The van der Waals surface area contributed by atoms with Gasteiger partial charge in [0.15, 0.2) is 6.10 Å². The van der Waals surface area contributed by atoms with Crippen LogP contribution in [-0.2, 0) is 28.6 Å². The fourth-order valence-electron chi connectivity index (χ4n) is 8.75. The minimum absolute atomic E-state index is 0.0942.